The summed E-state index contributed by atoms with van der Waals surface area (Å²) in [4.78, 5) is 0. The Labute approximate surface area is 131 Å². The van der Waals surface area contributed by atoms with Gasteiger partial charge in [-0.25, -0.2) is 0 Å². The summed E-state index contributed by atoms with van der Waals surface area (Å²) in [5.41, 5.74) is 1.26. The Kier molecular flexibility index (Phi) is 8.90. The van der Waals surface area contributed by atoms with Crippen LogP contribution in [0.25, 0.3) is 0 Å². The minimum absolute atomic E-state index is 0.321. The van der Waals surface area contributed by atoms with Crippen molar-refractivity contribution in [3.63, 3.8) is 0 Å². The molecule has 0 radical (unpaired) electrons. The number of benzene rings is 1. The van der Waals surface area contributed by atoms with E-state index in [0.717, 1.165) is 49.4 Å². The van der Waals surface area contributed by atoms with E-state index in [2.05, 4.69) is 54.2 Å². The van der Waals surface area contributed by atoms with Gasteiger partial charge in [0.25, 0.3) is 0 Å². The van der Waals surface area contributed by atoms with Gasteiger partial charge in [-0.1, -0.05) is 13.0 Å². The van der Waals surface area contributed by atoms with Crippen molar-refractivity contribution >= 4 is 15.9 Å². The van der Waals surface area contributed by atoms with Crippen molar-refractivity contribution in [2.24, 2.45) is 0 Å². The molecular formula is C16H26BrNO2. The van der Waals surface area contributed by atoms with Gasteiger partial charge < -0.3 is 14.8 Å². The largest absolute Gasteiger partial charge is 0.492 e. The Morgan fingerprint density at radius 3 is 2.70 bits per heavy atom. The van der Waals surface area contributed by atoms with E-state index in [1.165, 1.54) is 5.56 Å². The maximum atomic E-state index is 5.64. The maximum Gasteiger partial charge on any atom is 0.133 e. The van der Waals surface area contributed by atoms with Crippen molar-refractivity contribution in [2.75, 3.05) is 19.8 Å². The highest BCUT2D eigenvalue weighted by atomic mass is 79.9. The first-order chi connectivity index (χ1) is 9.63. The molecule has 0 aliphatic rings. The number of hydrogen-bond acceptors (Lipinski definition) is 3. The molecule has 3 nitrogen and oxygen atoms in total. The predicted molar refractivity (Wildman–Crippen MR) is 87.3 cm³/mol. The van der Waals surface area contributed by atoms with E-state index in [0.29, 0.717) is 6.10 Å². The normalized spacial score (nSPS) is 11.1. The van der Waals surface area contributed by atoms with Crippen molar-refractivity contribution < 1.29 is 9.47 Å². The van der Waals surface area contributed by atoms with Gasteiger partial charge in [-0.2, -0.15) is 0 Å². The van der Waals surface area contributed by atoms with Gasteiger partial charge in [0.2, 0.25) is 0 Å². The second-order valence-corrected chi connectivity index (χ2v) is 5.92. The Hall–Kier alpha value is -0.580. The molecule has 0 saturated carbocycles. The minimum Gasteiger partial charge on any atom is -0.492 e. The van der Waals surface area contributed by atoms with Crippen LogP contribution in [0.2, 0.25) is 0 Å². The third kappa shape index (κ3) is 7.27. The van der Waals surface area contributed by atoms with Crippen LogP contribution < -0.4 is 10.1 Å². The Bertz CT molecular complexity index is 383. The zero-order chi connectivity index (χ0) is 14.8. The van der Waals surface area contributed by atoms with E-state index in [9.17, 15) is 0 Å². The average molecular weight is 344 g/mol. The molecule has 1 N–H and O–H groups in total. The fraction of sp³-hybridized carbons (Fsp3) is 0.625. The lowest BCUT2D eigenvalue weighted by molar-refractivity contribution is 0.0770. The summed E-state index contributed by atoms with van der Waals surface area (Å²) in [6.07, 6.45) is 2.38. The van der Waals surface area contributed by atoms with Crippen LogP contribution in [-0.4, -0.2) is 25.9 Å². The van der Waals surface area contributed by atoms with Gasteiger partial charge in [0.15, 0.2) is 0 Å². The Morgan fingerprint density at radius 1 is 1.25 bits per heavy atom. The minimum atomic E-state index is 0.321. The molecule has 114 valence electrons. The summed E-state index contributed by atoms with van der Waals surface area (Å²) < 4.78 is 12.2. The van der Waals surface area contributed by atoms with Crippen molar-refractivity contribution in [1.82, 2.24) is 5.32 Å². The number of nitrogens with one attached hydrogen (secondary N) is 1. The molecule has 0 unspecified atom stereocenters. The fourth-order valence-corrected chi connectivity index (χ4v) is 2.27. The van der Waals surface area contributed by atoms with Crippen LogP contribution in [0.15, 0.2) is 22.7 Å². The number of halogens is 1. The second-order valence-electron chi connectivity index (χ2n) is 5.06. The van der Waals surface area contributed by atoms with Crippen LogP contribution in [0.1, 0.15) is 39.2 Å². The fourth-order valence-electron chi connectivity index (χ4n) is 1.73. The second kappa shape index (κ2) is 10.2. The Balaban J connectivity index is 2.25. The molecule has 20 heavy (non-hydrogen) atoms. The van der Waals surface area contributed by atoms with Gasteiger partial charge in [0.1, 0.15) is 5.75 Å². The first-order valence-corrected chi connectivity index (χ1v) is 8.16. The van der Waals surface area contributed by atoms with Crippen LogP contribution in [0.5, 0.6) is 5.75 Å². The third-order valence-electron chi connectivity index (χ3n) is 2.74. The summed E-state index contributed by atoms with van der Waals surface area (Å²) in [6, 6.07) is 6.24. The smallest absolute Gasteiger partial charge is 0.133 e. The number of hydrogen-bond donors (Lipinski definition) is 1. The van der Waals surface area contributed by atoms with Crippen molar-refractivity contribution in [2.45, 2.75) is 46.3 Å². The van der Waals surface area contributed by atoms with Crippen molar-refractivity contribution in [3.05, 3.63) is 28.2 Å². The monoisotopic (exact) mass is 343 g/mol. The Morgan fingerprint density at radius 2 is 2.05 bits per heavy atom. The lowest BCUT2D eigenvalue weighted by atomic mass is 10.2. The summed E-state index contributed by atoms with van der Waals surface area (Å²) in [5.74, 6) is 0.918. The highest BCUT2D eigenvalue weighted by molar-refractivity contribution is 9.10. The lowest BCUT2D eigenvalue weighted by Gasteiger charge is -2.10. The van der Waals surface area contributed by atoms with Crippen molar-refractivity contribution in [1.29, 1.82) is 0 Å². The molecule has 0 fully saturated rings. The van der Waals surface area contributed by atoms with Gasteiger partial charge in [-0.15, -0.1) is 0 Å². The van der Waals surface area contributed by atoms with Crippen LogP contribution in [0.3, 0.4) is 0 Å². The molecule has 0 saturated heterocycles. The molecule has 1 rings (SSSR count). The van der Waals surface area contributed by atoms with E-state index in [1.807, 2.05) is 6.07 Å². The average Bonchev–Trinajstić information content (AvgIpc) is 2.41. The first kappa shape index (κ1) is 17.5. The van der Waals surface area contributed by atoms with E-state index in [4.69, 9.17) is 9.47 Å². The highest BCUT2D eigenvalue weighted by Crippen LogP contribution is 2.26. The van der Waals surface area contributed by atoms with E-state index in [-0.39, 0.29) is 0 Å². The molecule has 0 heterocycles. The zero-order valence-electron chi connectivity index (χ0n) is 12.7. The SMILES string of the molecule is CCCOc1ccc(CNCCCOC(C)C)cc1Br. The molecule has 0 aliphatic carbocycles. The van der Waals surface area contributed by atoms with Gasteiger partial charge in [-0.05, 0) is 66.9 Å². The molecule has 0 aliphatic heterocycles. The van der Waals surface area contributed by atoms with Crippen LogP contribution >= 0.6 is 15.9 Å². The van der Waals surface area contributed by atoms with E-state index in [1.54, 1.807) is 0 Å². The summed E-state index contributed by atoms with van der Waals surface area (Å²) in [6.45, 7) is 9.65. The van der Waals surface area contributed by atoms with Gasteiger partial charge in [0, 0.05) is 13.2 Å². The van der Waals surface area contributed by atoms with E-state index >= 15 is 0 Å². The molecule has 4 heteroatoms. The topological polar surface area (TPSA) is 30.5 Å². The quantitative estimate of drug-likeness (QED) is 0.647. The molecule has 0 atom stereocenters. The van der Waals surface area contributed by atoms with Crippen LogP contribution in [0, 0.1) is 0 Å². The highest BCUT2D eigenvalue weighted by Gasteiger charge is 2.02. The molecule has 0 spiro atoms. The van der Waals surface area contributed by atoms with E-state index < -0.39 is 0 Å². The lowest BCUT2D eigenvalue weighted by Crippen LogP contribution is -2.17. The third-order valence-corrected chi connectivity index (χ3v) is 3.36. The summed E-state index contributed by atoms with van der Waals surface area (Å²) >= 11 is 3.55. The first-order valence-electron chi connectivity index (χ1n) is 7.37. The summed E-state index contributed by atoms with van der Waals surface area (Å²) in [5, 5.41) is 3.42. The molecule has 0 bridgehead atoms. The van der Waals surface area contributed by atoms with Crippen LogP contribution in [0.4, 0.5) is 0 Å². The maximum absolute atomic E-state index is 5.64. The standard InChI is InChI=1S/C16H26BrNO2/c1-4-9-20-16-7-6-14(11-15(16)17)12-18-8-5-10-19-13(2)3/h6-7,11,13,18H,4-5,8-10,12H2,1-3H3. The van der Waals surface area contributed by atoms with Gasteiger partial charge in [0.05, 0.1) is 17.2 Å². The molecule has 0 aromatic heterocycles. The predicted octanol–water partition coefficient (Wildman–Crippen LogP) is 4.14. The van der Waals surface area contributed by atoms with Crippen molar-refractivity contribution in [3.8, 4) is 5.75 Å². The molecule has 1 aromatic carbocycles. The summed E-state index contributed by atoms with van der Waals surface area (Å²) in [7, 11) is 0. The zero-order valence-corrected chi connectivity index (χ0v) is 14.3. The molecular weight excluding hydrogens is 318 g/mol. The molecule has 0 amide bonds. The van der Waals surface area contributed by atoms with Gasteiger partial charge >= 0.3 is 0 Å². The number of ether oxygens (including phenoxy) is 2. The number of rotatable bonds is 10. The van der Waals surface area contributed by atoms with Crippen LogP contribution in [-0.2, 0) is 11.3 Å². The molecule has 1 aromatic rings. The van der Waals surface area contributed by atoms with Gasteiger partial charge in [-0.3, -0.25) is 0 Å².